The van der Waals surface area contributed by atoms with Crippen LogP contribution in [0.1, 0.15) is 25.6 Å². The van der Waals surface area contributed by atoms with E-state index in [1.165, 1.54) is 16.2 Å². The van der Waals surface area contributed by atoms with Crippen molar-refractivity contribution < 1.29 is 14.4 Å². The van der Waals surface area contributed by atoms with E-state index in [4.69, 9.17) is 0 Å². The van der Waals surface area contributed by atoms with Crippen molar-refractivity contribution in [1.29, 1.82) is 0 Å². The molecule has 3 rings (SSSR count). The number of nitrogens with zero attached hydrogens (tertiary/aromatic N) is 1. The number of aryl methyl sites for hydroxylation is 1. The van der Waals surface area contributed by atoms with Gasteiger partial charge in [0.1, 0.15) is 0 Å². The quantitative estimate of drug-likeness (QED) is 0.643. The molecule has 0 fully saturated rings. The van der Waals surface area contributed by atoms with E-state index in [9.17, 15) is 14.4 Å². The van der Waals surface area contributed by atoms with E-state index in [0.29, 0.717) is 16.1 Å². The zero-order valence-electron chi connectivity index (χ0n) is 10.8. The van der Waals surface area contributed by atoms with E-state index in [1.54, 1.807) is 24.3 Å². The van der Waals surface area contributed by atoms with Crippen molar-refractivity contribution in [1.82, 2.24) is 0 Å². The summed E-state index contributed by atoms with van der Waals surface area (Å²) in [6, 6.07) is 8.69. The molecule has 100 valence electrons. The molecule has 0 radical (unpaired) electrons. The number of carbonyl (C=O) groups is 3. The lowest BCUT2D eigenvalue weighted by Gasteiger charge is -2.17. The van der Waals surface area contributed by atoms with Gasteiger partial charge in [-0.1, -0.05) is 18.2 Å². The van der Waals surface area contributed by atoms with Gasteiger partial charge < -0.3 is 0 Å². The van der Waals surface area contributed by atoms with Gasteiger partial charge in [0.05, 0.1) is 22.7 Å². The molecule has 1 amide bonds. The SMILES string of the molecule is Cc1cccc2c1N(CC(=O)c1cccs1)C(=O)C2=O. The lowest BCUT2D eigenvalue weighted by Crippen LogP contribution is -2.34. The summed E-state index contributed by atoms with van der Waals surface area (Å²) in [6.45, 7) is 1.73. The highest BCUT2D eigenvalue weighted by atomic mass is 32.1. The molecule has 2 heterocycles. The number of carbonyl (C=O) groups excluding carboxylic acids is 3. The highest BCUT2D eigenvalue weighted by Crippen LogP contribution is 2.32. The molecule has 0 saturated carbocycles. The van der Waals surface area contributed by atoms with E-state index < -0.39 is 11.7 Å². The Bertz CT molecular complexity index is 719. The summed E-state index contributed by atoms with van der Waals surface area (Å²) in [5.74, 6) is -1.32. The highest BCUT2D eigenvalue weighted by Gasteiger charge is 2.37. The van der Waals surface area contributed by atoms with Crippen molar-refractivity contribution in [2.45, 2.75) is 6.92 Å². The Morgan fingerprint density at radius 3 is 2.70 bits per heavy atom. The molecule has 4 nitrogen and oxygen atoms in total. The standard InChI is InChI=1S/C15H11NO3S/c1-9-4-2-5-10-13(9)16(15(19)14(10)18)8-11(17)12-6-3-7-20-12/h2-7H,8H2,1H3. The van der Waals surface area contributed by atoms with Crippen LogP contribution in [0.4, 0.5) is 5.69 Å². The smallest absolute Gasteiger partial charge is 0.297 e. The molecule has 1 aromatic heterocycles. The van der Waals surface area contributed by atoms with E-state index in [1.807, 2.05) is 18.4 Å². The number of amides is 1. The van der Waals surface area contributed by atoms with Gasteiger partial charge in [0.15, 0.2) is 5.78 Å². The van der Waals surface area contributed by atoms with Crippen LogP contribution in [0.5, 0.6) is 0 Å². The Labute approximate surface area is 119 Å². The molecule has 0 unspecified atom stereocenters. The first kappa shape index (κ1) is 12.7. The molecule has 0 atom stereocenters. The fourth-order valence-electron chi connectivity index (χ4n) is 2.35. The summed E-state index contributed by atoms with van der Waals surface area (Å²) in [6.07, 6.45) is 0. The molecular weight excluding hydrogens is 274 g/mol. The van der Waals surface area contributed by atoms with Gasteiger partial charge in [0, 0.05) is 0 Å². The third-order valence-corrected chi connectivity index (χ3v) is 4.20. The number of fused-ring (bicyclic) bond motifs is 1. The maximum absolute atomic E-state index is 12.1. The van der Waals surface area contributed by atoms with E-state index >= 15 is 0 Å². The van der Waals surface area contributed by atoms with Crippen LogP contribution in [0.3, 0.4) is 0 Å². The van der Waals surface area contributed by atoms with Gasteiger partial charge in [0.25, 0.3) is 11.7 Å². The molecule has 0 spiro atoms. The minimum atomic E-state index is -0.626. The molecule has 2 aromatic rings. The summed E-state index contributed by atoms with van der Waals surface area (Å²) >= 11 is 1.33. The molecular formula is C15H11NO3S. The highest BCUT2D eigenvalue weighted by molar-refractivity contribution is 7.12. The van der Waals surface area contributed by atoms with E-state index in [2.05, 4.69) is 0 Å². The number of Topliss-reactive ketones (excluding diaryl/α,β-unsaturated/α-hetero) is 2. The second-order valence-electron chi connectivity index (χ2n) is 4.59. The van der Waals surface area contributed by atoms with Crippen LogP contribution < -0.4 is 4.90 Å². The third kappa shape index (κ3) is 1.87. The largest absolute Gasteiger partial charge is 0.299 e. The molecule has 0 N–H and O–H groups in total. The maximum atomic E-state index is 12.1. The minimum Gasteiger partial charge on any atom is -0.297 e. The Kier molecular flexibility index (Phi) is 2.99. The second kappa shape index (κ2) is 4.68. The van der Waals surface area contributed by atoms with E-state index in [-0.39, 0.29) is 12.3 Å². The maximum Gasteiger partial charge on any atom is 0.299 e. The average molecular weight is 285 g/mol. The number of benzene rings is 1. The molecule has 5 heteroatoms. The number of anilines is 1. The Morgan fingerprint density at radius 1 is 1.20 bits per heavy atom. The van der Waals surface area contributed by atoms with Crippen LogP contribution in [0.15, 0.2) is 35.7 Å². The first-order valence-corrected chi connectivity index (χ1v) is 7.00. The Morgan fingerprint density at radius 2 is 2.00 bits per heavy atom. The zero-order chi connectivity index (χ0) is 14.3. The van der Waals surface area contributed by atoms with E-state index in [0.717, 1.165) is 5.56 Å². The van der Waals surface area contributed by atoms with Crippen LogP contribution in [0.2, 0.25) is 0 Å². The second-order valence-corrected chi connectivity index (χ2v) is 5.54. The summed E-state index contributed by atoms with van der Waals surface area (Å²) < 4.78 is 0. The predicted molar refractivity (Wildman–Crippen MR) is 76.5 cm³/mol. The molecule has 0 bridgehead atoms. The van der Waals surface area contributed by atoms with Gasteiger partial charge in [-0.2, -0.15) is 0 Å². The van der Waals surface area contributed by atoms with Crippen molar-refractivity contribution in [3.05, 3.63) is 51.7 Å². The molecule has 0 saturated heterocycles. The molecule has 1 aromatic carbocycles. The minimum absolute atomic E-state index is 0.0943. The van der Waals surface area contributed by atoms with Gasteiger partial charge in [-0.15, -0.1) is 11.3 Å². The van der Waals surface area contributed by atoms with Gasteiger partial charge >= 0.3 is 0 Å². The van der Waals surface area contributed by atoms with Crippen LogP contribution in [-0.4, -0.2) is 24.0 Å². The van der Waals surface area contributed by atoms with Gasteiger partial charge in [-0.25, -0.2) is 0 Å². The first-order chi connectivity index (χ1) is 9.59. The molecule has 0 aliphatic carbocycles. The summed E-state index contributed by atoms with van der Waals surface area (Å²) in [5, 5.41) is 1.81. The number of thiophene rings is 1. The zero-order valence-corrected chi connectivity index (χ0v) is 11.6. The van der Waals surface area contributed by atoms with Crippen molar-refractivity contribution >= 4 is 34.5 Å². The lowest BCUT2D eigenvalue weighted by atomic mass is 10.1. The van der Waals surface area contributed by atoms with Crippen LogP contribution in [0.25, 0.3) is 0 Å². The summed E-state index contributed by atoms with van der Waals surface area (Å²) in [4.78, 5) is 38.0. The van der Waals surface area contributed by atoms with Crippen LogP contribution in [0, 0.1) is 6.92 Å². The fraction of sp³-hybridized carbons (Fsp3) is 0.133. The molecule has 1 aliphatic rings. The number of para-hydroxylation sites is 1. The fourth-order valence-corrected chi connectivity index (χ4v) is 3.01. The monoisotopic (exact) mass is 285 g/mol. The number of hydrogen-bond acceptors (Lipinski definition) is 4. The number of hydrogen-bond donors (Lipinski definition) is 0. The third-order valence-electron chi connectivity index (χ3n) is 3.29. The molecule has 1 aliphatic heterocycles. The van der Waals surface area contributed by atoms with Crippen molar-refractivity contribution in [3.8, 4) is 0 Å². The van der Waals surface area contributed by atoms with Crippen LogP contribution >= 0.6 is 11.3 Å². The van der Waals surface area contributed by atoms with Gasteiger partial charge in [-0.05, 0) is 30.0 Å². The lowest BCUT2D eigenvalue weighted by molar-refractivity contribution is -0.114. The summed E-state index contributed by atoms with van der Waals surface area (Å²) in [7, 11) is 0. The van der Waals surface area contributed by atoms with Crippen molar-refractivity contribution in [2.24, 2.45) is 0 Å². The van der Waals surface area contributed by atoms with Gasteiger partial charge in [-0.3, -0.25) is 19.3 Å². The summed E-state index contributed by atoms with van der Waals surface area (Å²) in [5.41, 5.74) is 1.77. The number of rotatable bonds is 3. The topological polar surface area (TPSA) is 54.5 Å². The average Bonchev–Trinajstić information content (AvgIpc) is 3.03. The first-order valence-electron chi connectivity index (χ1n) is 6.12. The van der Waals surface area contributed by atoms with Gasteiger partial charge in [0.2, 0.25) is 0 Å². The van der Waals surface area contributed by atoms with Crippen LogP contribution in [-0.2, 0) is 4.79 Å². The number of ketones is 2. The predicted octanol–water partition coefficient (Wildman–Crippen LogP) is 2.47. The van der Waals surface area contributed by atoms with Crippen molar-refractivity contribution in [2.75, 3.05) is 11.4 Å². The normalized spacial score (nSPS) is 13.8. The Balaban J connectivity index is 1.97. The Hall–Kier alpha value is -2.27. The van der Waals surface area contributed by atoms with Crippen molar-refractivity contribution in [3.63, 3.8) is 0 Å². The molecule has 20 heavy (non-hydrogen) atoms.